The molecule has 0 aromatic heterocycles. The number of ether oxygens (including phenoxy) is 2. The second-order valence-electron chi connectivity index (χ2n) is 18.4. The highest BCUT2D eigenvalue weighted by Crippen LogP contribution is 2.43. The average molecular weight is 987 g/mol. The maximum atomic E-state index is 12.8. The highest BCUT2D eigenvalue weighted by Gasteiger charge is 2.33. The SMILES string of the molecule is CCCCCCCCCCCCCCCCCC(=O)OC[C@H](COP(=O)(O)OCCNC(=O)CC(=O)CCC(=O)ON1C(=O)CCC1=O)OC(=O)CCCCCCCCCCCCCCCCC. The molecule has 0 aromatic carbocycles. The van der Waals surface area contributed by atoms with Crippen LogP contribution in [0.4, 0.5) is 0 Å². The first-order valence-electron chi connectivity index (χ1n) is 26.7. The third-order valence-electron chi connectivity index (χ3n) is 12.0. The average Bonchev–Trinajstić information content (AvgIpc) is 3.62. The maximum Gasteiger partial charge on any atom is 0.472 e. The first-order chi connectivity index (χ1) is 32.9. The quantitative estimate of drug-likeness (QED) is 0.0191. The molecule has 0 radical (unpaired) electrons. The van der Waals surface area contributed by atoms with Gasteiger partial charge in [-0.3, -0.25) is 37.8 Å². The fourth-order valence-electron chi connectivity index (χ4n) is 7.84. The Labute approximate surface area is 408 Å². The number of esters is 2. The Morgan fingerprint density at radius 3 is 1.40 bits per heavy atom. The molecule has 17 heteroatoms. The molecule has 1 saturated heterocycles. The predicted octanol–water partition coefficient (Wildman–Crippen LogP) is 11.6. The van der Waals surface area contributed by atoms with Crippen molar-refractivity contribution in [3.63, 3.8) is 0 Å². The van der Waals surface area contributed by atoms with Gasteiger partial charge >= 0.3 is 25.7 Å². The van der Waals surface area contributed by atoms with Crippen LogP contribution >= 0.6 is 7.82 Å². The van der Waals surface area contributed by atoms with Gasteiger partial charge in [-0.05, 0) is 12.8 Å². The minimum Gasteiger partial charge on any atom is -0.462 e. The third kappa shape index (κ3) is 37.7. The number of nitrogens with one attached hydrogen (secondary N) is 1. The Balaban J connectivity index is 2.41. The zero-order chi connectivity index (χ0) is 49.9. The molecule has 0 aliphatic carbocycles. The molecule has 2 N–H and O–H groups in total. The number of unbranched alkanes of at least 4 members (excludes halogenated alkanes) is 28. The Morgan fingerprint density at radius 2 is 0.956 bits per heavy atom. The van der Waals surface area contributed by atoms with Crippen molar-refractivity contribution in [1.29, 1.82) is 0 Å². The van der Waals surface area contributed by atoms with Crippen LogP contribution in [0.5, 0.6) is 0 Å². The predicted molar refractivity (Wildman–Crippen MR) is 261 cm³/mol. The van der Waals surface area contributed by atoms with Crippen molar-refractivity contribution in [2.75, 3.05) is 26.4 Å². The molecule has 68 heavy (non-hydrogen) atoms. The van der Waals surface area contributed by atoms with Gasteiger partial charge in [-0.2, -0.15) is 0 Å². The van der Waals surface area contributed by atoms with Crippen molar-refractivity contribution in [2.24, 2.45) is 0 Å². The third-order valence-corrected chi connectivity index (χ3v) is 12.9. The summed E-state index contributed by atoms with van der Waals surface area (Å²) in [5, 5.41) is 2.73. The molecule has 3 amide bonds. The summed E-state index contributed by atoms with van der Waals surface area (Å²) in [4.78, 5) is 99.9. The van der Waals surface area contributed by atoms with Gasteiger partial charge in [0, 0.05) is 38.6 Å². The van der Waals surface area contributed by atoms with Crippen LogP contribution in [0.3, 0.4) is 0 Å². The van der Waals surface area contributed by atoms with Crippen LogP contribution in [0.2, 0.25) is 0 Å². The van der Waals surface area contributed by atoms with Crippen LogP contribution in [0.15, 0.2) is 0 Å². The number of imide groups is 1. The number of amides is 3. The summed E-state index contributed by atoms with van der Waals surface area (Å²) in [7, 11) is -4.72. The molecule has 1 rings (SSSR count). The van der Waals surface area contributed by atoms with E-state index < -0.39 is 81.4 Å². The molecule has 0 saturated carbocycles. The van der Waals surface area contributed by atoms with Gasteiger partial charge in [0.1, 0.15) is 12.4 Å². The Morgan fingerprint density at radius 1 is 0.544 bits per heavy atom. The van der Waals surface area contributed by atoms with Crippen molar-refractivity contribution < 1.29 is 66.4 Å². The number of carbonyl (C=O) groups is 7. The van der Waals surface area contributed by atoms with E-state index in [1.54, 1.807) is 0 Å². The van der Waals surface area contributed by atoms with Crippen LogP contribution in [-0.2, 0) is 61.5 Å². The molecule has 16 nitrogen and oxygen atoms in total. The molecule has 394 valence electrons. The molecule has 1 fully saturated rings. The zero-order valence-corrected chi connectivity index (χ0v) is 43.1. The Hall–Kier alpha value is -3.20. The van der Waals surface area contributed by atoms with Crippen LogP contribution in [0.1, 0.15) is 251 Å². The first kappa shape index (κ1) is 62.8. The Bertz CT molecular complexity index is 1430. The van der Waals surface area contributed by atoms with Gasteiger partial charge in [-0.25, -0.2) is 9.36 Å². The monoisotopic (exact) mass is 987 g/mol. The second-order valence-corrected chi connectivity index (χ2v) is 19.9. The van der Waals surface area contributed by atoms with E-state index in [1.807, 2.05) is 0 Å². The largest absolute Gasteiger partial charge is 0.472 e. The second kappa shape index (κ2) is 42.7. The number of hydroxylamine groups is 2. The molecule has 1 aliphatic heterocycles. The number of phosphoric ester groups is 1. The normalized spacial score (nSPS) is 13.9. The first-order valence-corrected chi connectivity index (χ1v) is 28.2. The number of rotatable bonds is 48. The number of ketones is 1. The van der Waals surface area contributed by atoms with Crippen LogP contribution in [-0.4, -0.2) is 83.8 Å². The summed E-state index contributed by atoms with van der Waals surface area (Å²) in [6.07, 6.45) is 33.6. The van der Waals surface area contributed by atoms with E-state index in [4.69, 9.17) is 23.4 Å². The highest BCUT2D eigenvalue weighted by molar-refractivity contribution is 7.47. The van der Waals surface area contributed by atoms with E-state index in [-0.39, 0.29) is 45.3 Å². The lowest BCUT2D eigenvalue weighted by molar-refractivity contribution is -0.197. The summed E-state index contributed by atoms with van der Waals surface area (Å²) in [5.74, 6) is -4.63. The molecule has 0 bridgehead atoms. The van der Waals surface area contributed by atoms with Gasteiger partial charge in [-0.15, -0.1) is 5.06 Å². The van der Waals surface area contributed by atoms with Crippen molar-refractivity contribution in [1.82, 2.24) is 10.4 Å². The molecule has 0 spiro atoms. The summed E-state index contributed by atoms with van der Waals surface area (Å²) in [6.45, 7) is 2.79. The van der Waals surface area contributed by atoms with Crippen LogP contribution < -0.4 is 5.32 Å². The van der Waals surface area contributed by atoms with E-state index in [1.165, 1.54) is 141 Å². The van der Waals surface area contributed by atoms with E-state index in [0.717, 1.165) is 38.5 Å². The molecule has 2 atom stereocenters. The van der Waals surface area contributed by atoms with Gasteiger partial charge in [0.05, 0.1) is 26.1 Å². The fourth-order valence-corrected chi connectivity index (χ4v) is 8.59. The van der Waals surface area contributed by atoms with E-state index in [9.17, 15) is 43.0 Å². The number of hydrogen-bond acceptors (Lipinski definition) is 13. The number of nitrogens with zero attached hydrogens (tertiary/aromatic N) is 1. The minimum absolute atomic E-state index is 0.0703. The number of phosphoric acid groups is 1. The van der Waals surface area contributed by atoms with Crippen LogP contribution in [0, 0.1) is 0 Å². The van der Waals surface area contributed by atoms with Gasteiger partial charge in [0.15, 0.2) is 6.10 Å². The van der Waals surface area contributed by atoms with Gasteiger partial charge < -0.3 is 24.5 Å². The zero-order valence-electron chi connectivity index (χ0n) is 42.2. The number of hydrogen-bond donors (Lipinski definition) is 2. The lowest BCUT2D eigenvalue weighted by atomic mass is 10.0. The molecule has 0 aromatic rings. The molecule has 1 heterocycles. The van der Waals surface area contributed by atoms with Gasteiger partial charge in [0.25, 0.3) is 11.8 Å². The highest BCUT2D eigenvalue weighted by atomic mass is 31.2. The lowest BCUT2D eigenvalue weighted by Gasteiger charge is -2.20. The summed E-state index contributed by atoms with van der Waals surface area (Å²) in [6, 6.07) is 0. The van der Waals surface area contributed by atoms with E-state index in [2.05, 4.69) is 19.2 Å². The smallest absolute Gasteiger partial charge is 0.462 e. The van der Waals surface area contributed by atoms with E-state index >= 15 is 0 Å². The summed E-state index contributed by atoms with van der Waals surface area (Å²) >= 11 is 0. The molecule has 1 unspecified atom stereocenters. The van der Waals surface area contributed by atoms with Crippen LogP contribution in [0.25, 0.3) is 0 Å². The molecular formula is C51H91N2O14P. The van der Waals surface area contributed by atoms with Gasteiger partial charge in [0.2, 0.25) is 5.91 Å². The Kier molecular flexibility index (Phi) is 39.4. The number of Topliss-reactive ketones (excluding diaryl/α,β-unsaturated/α-hetero) is 1. The molecule has 1 aliphatic rings. The van der Waals surface area contributed by atoms with Crippen molar-refractivity contribution >= 4 is 49.2 Å². The topological polar surface area (TPSA) is 218 Å². The van der Waals surface area contributed by atoms with Crippen molar-refractivity contribution in [2.45, 2.75) is 258 Å². The number of carbonyl (C=O) groups excluding carboxylic acids is 7. The lowest BCUT2D eigenvalue weighted by Crippen LogP contribution is -2.32. The van der Waals surface area contributed by atoms with Gasteiger partial charge in [-0.1, -0.05) is 194 Å². The van der Waals surface area contributed by atoms with Crippen molar-refractivity contribution in [3.05, 3.63) is 0 Å². The minimum atomic E-state index is -4.72. The fraction of sp³-hybridized carbons (Fsp3) is 0.863. The maximum absolute atomic E-state index is 12.8. The standard InChI is InChI=1S/C51H91N2O14P/c1-3-5-7-9-11-13-15-17-19-21-23-25-27-29-31-33-49(58)63-42-45(66-50(59)34-32-30-28-26-24-22-20-18-16-14-12-10-8-6-4-2)43-65-68(61,62)64-40-39-52-46(55)41-44(54)35-38-51(60)67-53-47(56)36-37-48(53)57/h45H,3-43H2,1-2H3,(H,52,55)(H,61,62)/t45-/m1/s1. The summed E-state index contributed by atoms with van der Waals surface area (Å²) < 4.78 is 33.7. The molecular weight excluding hydrogens is 896 g/mol. The van der Waals surface area contributed by atoms with E-state index in [0.29, 0.717) is 17.9 Å². The van der Waals surface area contributed by atoms with Crippen molar-refractivity contribution in [3.8, 4) is 0 Å². The summed E-state index contributed by atoms with van der Waals surface area (Å²) in [5.41, 5.74) is 0.